The van der Waals surface area contributed by atoms with E-state index in [4.69, 9.17) is 4.74 Å². The van der Waals surface area contributed by atoms with E-state index in [1.807, 2.05) is 66.4 Å². The van der Waals surface area contributed by atoms with Crippen molar-refractivity contribution in [2.75, 3.05) is 7.11 Å². The van der Waals surface area contributed by atoms with Crippen LogP contribution in [-0.2, 0) is 23.0 Å². The summed E-state index contributed by atoms with van der Waals surface area (Å²) >= 11 is 0. The van der Waals surface area contributed by atoms with Gasteiger partial charge in [0.2, 0.25) is 0 Å². The summed E-state index contributed by atoms with van der Waals surface area (Å²) in [6.07, 6.45) is 0.515. The van der Waals surface area contributed by atoms with E-state index in [2.05, 4.69) is 4.40 Å². The Kier molecular flexibility index (Phi) is 7.61. The van der Waals surface area contributed by atoms with Gasteiger partial charge in [-0.2, -0.15) is 8.42 Å². The molecule has 1 aliphatic rings. The van der Waals surface area contributed by atoms with E-state index >= 15 is 0 Å². The van der Waals surface area contributed by atoms with Crippen LogP contribution in [0.4, 0.5) is 0 Å². The van der Waals surface area contributed by atoms with Crippen LogP contribution < -0.4 is 4.74 Å². The zero-order valence-corrected chi connectivity index (χ0v) is 22.8. The van der Waals surface area contributed by atoms with Crippen molar-refractivity contribution in [2.24, 2.45) is 4.40 Å². The maximum absolute atomic E-state index is 13.5. The number of carbonyl (C=O) groups excluding carboxylic acids is 1. The SMILES string of the molecule is COc1ccc(C(=O)CC2c3ccccc3C/C(=N\S(=O)(=O)c3ccc(C)cc3)N2Cc2ccccc2)cc1. The number of rotatable bonds is 8. The maximum atomic E-state index is 13.5. The number of methoxy groups -OCH3 is 1. The summed E-state index contributed by atoms with van der Waals surface area (Å²) in [5.74, 6) is 1.06. The zero-order chi connectivity index (χ0) is 27.4. The topological polar surface area (TPSA) is 76.0 Å². The molecule has 198 valence electrons. The van der Waals surface area contributed by atoms with Gasteiger partial charge in [-0.1, -0.05) is 72.3 Å². The van der Waals surface area contributed by atoms with Crippen LogP contribution in [0.25, 0.3) is 0 Å². The lowest BCUT2D eigenvalue weighted by atomic mass is 9.87. The van der Waals surface area contributed by atoms with E-state index in [0.29, 0.717) is 30.1 Å². The Morgan fingerprint density at radius 1 is 0.897 bits per heavy atom. The van der Waals surface area contributed by atoms with E-state index < -0.39 is 16.1 Å². The Labute approximate surface area is 229 Å². The fraction of sp³-hybridized carbons (Fsp3) is 0.188. The highest BCUT2D eigenvalue weighted by Gasteiger charge is 2.34. The van der Waals surface area contributed by atoms with Crippen molar-refractivity contribution in [1.29, 1.82) is 0 Å². The molecular formula is C32H30N2O4S. The molecular weight excluding hydrogens is 508 g/mol. The molecule has 0 aromatic heterocycles. The van der Waals surface area contributed by atoms with E-state index in [-0.39, 0.29) is 17.1 Å². The third-order valence-corrected chi connectivity index (χ3v) is 8.32. The highest BCUT2D eigenvalue weighted by molar-refractivity contribution is 7.90. The number of Topliss-reactive ketones (excluding diaryl/α,β-unsaturated/α-hetero) is 1. The molecule has 0 saturated heterocycles. The van der Waals surface area contributed by atoms with E-state index in [0.717, 1.165) is 22.3 Å². The van der Waals surface area contributed by atoms with Crippen LogP contribution in [0.5, 0.6) is 5.75 Å². The number of amidine groups is 1. The number of ether oxygens (including phenoxy) is 1. The van der Waals surface area contributed by atoms with Crippen molar-refractivity contribution < 1.29 is 17.9 Å². The van der Waals surface area contributed by atoms with Crippen LogP contribution >= 0.6 is 0 Å². The Morgan fingerprint density at radius 2 is 1.56 bits per heavy atom. The van der Waals surface area contributed by atoms with E-state index in [1.165, 1.54) is 0 Å². The molecule has 6 nitrogen and oxygen atoms in total. The molecule has 0 amide bonds. The molecule has 39 heavy (non-hydrogen) atoms. The quantitative estimate of drug-likeness (QED) is 0.251. The predicted octanol–water partition coefficient (Wildman–Crippen LogP) is 6.16. The van der Waals surface area contributed by atoms with Crippen LogP contribution in [0.15, 0.2) is 112 Å². The molecule has 0 spiro atoms. The van der Waals surface area contributed by atoms with Crippen LogP contribution in [0.2, 0.25) is 0 Å². The maximum Gasteiger partial charge on any atom is 0.283 e. The first-order chi connectivity index (χ1) is 18.8. The first kappa shape index (κ1) is 26.4. The van der Waals surface area contributed by atoms with Crippen molar-refractivity contribution >= 4 is 21.6 Å². The van der Waals surface area contributed by atoms with Gasteiger partial charge in [-0.25, -0.2) is 0 Å². The lowest BCUT2D eigenvalue weighted by Crippen LogP contribution is -2.41. The van der Waals surface area contributed by atoms with Gasteiger partial charge < -0.3 is 9.64 Å². The van der Waals surface area contributed by atoms with Crippen LogP contribution in [0.3, 0.4) is 0 Å². The van der Waals surface area contributed by atoms with Crippen LogP contribution in [0.1, 0.15) is 45.1 Å². The fourth-order valence-corrected chi connectivity index (χ4v) is 5.93. The Bertz CT molecular complexity index is 1600. The number of fused-ring (bicyclic) bond motifs is 1. The molecule has 0 radical (unpaired) electrons. The zero-order valence-electron chi connectivity index (χ0n) is 21.9. The van der Waals surface area contributed by atoms with Gasteiger partial charge in [0.25, 0.3) is 10.0 Å². The van der Waals surface area contributed by atoms with Crippen molar-refractivity contribution in [3.63, 3.8) is 0 Å². The third-order valence-electron chi connectivity index (χ3n) is 7.00. The molecule has 0 N–H and O–H groups in total. The van der Waals surface area contributed by atoms with Crippen molar-refractivity contribution in [2.45, 2.75) is 37.2 Å². The van der Waals surface area contributed by atoms with Gasteiger partial charge in [-0.3, -0.25) is 4.79 Å². The monoisotopic (exact) mass is 538 g/mol. The Morgan fingerprint density at radius 3 is 2.26 bits per heavy atom. The van der Waals surface area contributed by atoms with Gasteiger partial charge in [0, 0.05) is 24.9 Å². The number of aryl methyl sites for hydroxylation is 1. The van der Waals surface area contributed by atoms with Gasteiger partial charge in [-0.15, -0.1) is 4.40 Å². The number of hydrogen-bond donors (Lipinski definition) is 0. The predicted molar refractivity (Wildman–Crippen MR) is 153 cm³/mol. The summed E-state index contributed by atoms with van der Waals surface area (Å²) in [7, 11) is -2.38. The van der Waals surface area contributed by atoms with Gasteiger partial charge in [-0.05, 0) is 60.0 Å². The molecule has 0 bridgehead atoms. The van der Waals surface area contributed by atoms with Gasteiger partial charge in [0.1, 0.15) is 11.6 Å². The average molecular weight is 539 g/mol. The number of benzene rings is 4. The number of ketones is 1. The second-order valence-electron chi connectivity index (χ2n) is 9.66. The van der Waals surface area contributed by atoms with Gasteiger partial charge in [0.15, 0.2) is 5.78 Å². The van der Waals surface area contributed by atoms with Gasteiger partial charge in [0.05, 0.1) is 18.0 Å². The van der Waals surface area contributed by atoms with Gasteiger partial charge >= 0.3 is 0 Å². The van der Waals surface area contributed by atoms with Crippen LogP contribution in [0, 0.1) is 6.92 Å². The Hall–Kier alpha value is -4.23. The highest BCUT2D eigenvalue weighted by atomic mass is 32.2. The number of nitrogens with zero attached hydrogens (tertiary/aromatic N) is 2. The summed E-state index contributed by atoms with van der Waals surface area (Å²) in [6.45, 7) is 2.32. The summed E-state index contributed by atoms with van der Waals surface area (Å²) in [5, 5.41) is 0. The third kappa shape index (κ3) is 5.94. The average Bonchev–Trinajstić information content (AvgIpc) is 2.95. The Balaban J connectivity index is 1.59. The largest absolute Gasteiger partial charge is 0.497 e. The molecule has 4 aromatic carbocycles. The molecule has 7 heteroatoms. The second kappa shape index (κ2) is 11.3. The lowest BCUT2D eigenvalue weighted by Gasteiger charge is -2.39. The molecule has 1 unspecified atom stereocenters. The van der Waals surface area contributed by atoms with Crippen molar-refractivity contribution in [1.82, 2.24) is 4.90 Å². The minimum absolute atomic E-state index is 0.0434. The first-order valence-corrected chi connectivity index (χ1v) is 14.2. The number of carbonyl (C=O) groups is 1. The minimum Gasteiger partial charge on any atom is -0.497 e. The molecule has 1 heterocycles. The minimum atomic E-state index is -3.97. The molecule has 5 rings (SSSR count). The summed E-state index contributed by atoms with van der Waals surface area (Å²) < 4.78 is 36.5. The molecule has 4 aromatic rings. The smallest absolute Gasteiger partial charge is 0.283 e. The molecule has 1 atom stereocenters. The van der Waals surface area contributed by atoms with E-state index in [9.17, 15) is 13.2 Å². The standard InChI is InChI=1S/C32H30N2O4S/c1-23-12-18-28(19-13-23)39(36,37)33-32-20-26-10-6-7-11-29(26)30(34(32)22-24-8-4-3-5-9-24)21-31(35)25-14-16-27(38-2)17-15-25/h3-19,30H,20-22H2,1-2H3/b33-32+. The number of hydrogen-bond acceptors (Lipinski definition) is 4. The molecule has 0 aliphatic carbocycles. The molecule has 1 aliphatic heterocycles. The second-order valence-corrected chi connectivity index (χ2v) is 11.3. The van der Waals surface area contributed by atoms with E-state index in [1.54, 1.807) is 55.6 Å². The lowest BCUT2D eigenvalue weighted by molar-refractivity contribution is 0.0945. The highest BCUT2D eigenvalue weighted by Crippen LogP contribution is 2.36. The normalized spacial score (nSPS) is 16.1. The van der Waals surface area contributed by atoms with Crippen molar-refractivity contribution in [3.05, 3.63) is 131 Å². The summed E-state index contributed by atoms with van der Waals surface area (Å²) in [5.41, 5.74) is 4.51. The first-order valence-electron chi connectivity index (χ1n) is 12.8. The molecule has 0 fully saturated rings. The fourth-order valence-electron chi connectivity index (χ4n) is 4.90. The summed E-state index contributed by atoms with van der Waals surface area (Å²) in [4.78, 5) is 15.7. The summed E-state index contributed by atoms with van der Waals surface area (Å²) in [6, 6.07) is 31.1. The number of sulfonamides is 1. The van der Waals surface area contributed by atoms with Crippen molar-refractivity contribution in [3.8, 4) is 5.75 Å². The molecule has 0 saturated carbocycles. The van der Waals surface area contributed by atoms with Crippen LogP contribution in [-0.4, -0.2) is 32.0 Å².